The van der Waals surface area contributed by atoms with Crippen LogP contribution in [0.1, 0.15) is 10.4 Å². The smallest absolute Gasteiger partial charge is 0.259 e. The lowest BCUT2D eigenvalue weighted by Crippen LogP contribution is -2.15. The third-order valence-corrected chi connectivity index (χ3v) is 4.04. The maximum atomic E-state index is 13.7. The van der Waals surface area contributed by atoms with Crippen molar-refractivity contribution >= 4 is 11.7 Å². The summed E-state index contributed by atoms with van der Waals surface area (Å²) in [5.41, 5.74) is 1.70. The van der Waals surface area contributed by atoms with Gasteiger partial charge in [-0.15, -0.1) is 0 Å². The summed E-state index contributed by atoms with van der Waals surface area (Å²) in [6, 6.07) is 6.69. The number of hydrogen-bond donors (Lipinski definition) is 1. The zero-order chi connectivity index (χ0) is 20.2. The van der Waals surface area contributed by atoms with E-state index >= 15 is 0 Å². The second-order valence-electron chi connectivity index (χ2n) is 5.85. The first-order valence-electron chi connectivity index (χ1n) is 8.47. The van der Waals surface area contributed by atoms with Crippen molar-refractivity contribution in [3.8, 4) is 28.5 Å². The molecule has 0 radical (unpaired) electrons. The Kier molecular flexibility index (Phi) is 4.93. The lowest BCUT2D eigenvalue weighted by molar-refractivity contribution is 0.102. The number of carbonyl (C=O) groups excluding carboxylic acids is 1. The molecule has 0 saturated carbocycles. The maximum Gasteiger partial charge on any atom is 0.259 e. The molecular formula is C20H14FN5O3. The first kappa shape index (κ1) is 18.2. The second-order valence-corrected chi connectivity index (χ2v) is 5.85. The van der Waals surface area contributed by atoms with Crippen LogP contribution in [0.3, 0.4) is 0 Å². The molecule has 29 heavy (non-hydrogen) atoms. The molecule has 0 aromatic carbocycles. The number of aromatic nitrogens is 4. The number of anilines is 1. The van der Waals surface area contributed by atoms with Crippen molar-refractivity contribution in [3.05, 3.63) is 72.9 Å². The van der Waals surface area contributed by atoms with Crippen molar-refractivity contribution in [3.63, 3.8) is 0 Å². The molecule has 9 heteroatoms. The van der Waals surface area contributed by atoms with E-state index in [1.807, 2.05) is 12.1 Å². The topological polar surface area (TPSA) is 103 Å². The molecule has 0 saturated heterocycles. The Morgan fingerprint density at radius 1 is 1.14 bits per heavy atom. The highest BCUT2D eigenvalue weighted by molar-refractivity contribution is 6.03. The van der Waals surface area contributed by atoms with Gasteiger partial charge in [0.15, 0.2) is 11.6 Å². The van der Waals surface area contributed by atoms with E-state index in [1.54, 1.807) is 18.5 Å². The van der Waals surface area contributed by atoms with Gasteiger partial charge in [0.2, 0.25) is 5.88 Å². The van der Waals surface area contributed by atoms with Crippen LogP contribution in [-0.2, 0) is 0 Å². The highest BCUT2D eigenvalue weighted by atomic mass is 19.1. The molecule has 0 aliphatic heterocycles. The van der Waals surface area contributed by atoms with E-state index in [4.69, 9.17) is 9.15 Å². The van der Waals surface area contributed by atoms with Gasteiger partial charge in [0, 0.05) is 18.0 Å². The number of nitrogens with zero attached hydrogens (tertiary/aromatic N) is 4. The fourth-order valence-corrected chi connectivity index (χ4v) is 2.65. The summed E-state index contributed by atoms with van der Waals surface area (Å²) >= 11 is 0. The van der Waals surface area contributed by atoms with Gasteiger partial charge in [-0.05, 0) is 24.3 Å². The van der Waals surface area contributed by atoms with E-state index in [0.717, 1.165) is 11.8 Å². The summed E-state index contributed by atoms with van der Waals surface area (Å²) in [7, 11) is 1.50. The normalized spacial score (nSPS) is 10.6. The lowest BCUT2D eigenvalue weighted by Gasteiger charge is -2.09. The van der Waals surface area contributed by atoms with Crippen LogP contribution >= 0.6 is 0 Å². The predicted molar refractivity (Wildman–Crippen MR) is 102 cm³/mol. The molecule has 4 aromatic heterocycles. The first-order chi connectivity index (χ1) is 14.2. The molecular weight excluding hydrogens is 377 g/mol. The van der Waals surface area contributed by atoms with Gasteiger partial charge >= 0.3 is 0 Å². The van der Waals surface area contributed by atoms with Crippen LogP contribution in [0.4, 0.5) is 10.2 Å². The number of ether oxygens (including phenoxy) is 1. The Morgan fingerprint density at radius 2 is 2.03 bits per heavy atom. The molecule has 0 fully saturated rings. The molecule has 0 aliphatic carbocycles. The highest BCUT2D eigenvalue weighted by Gasteiger charge is 2.15. The fourth-order valence-electron chi connectivity index (χ4n) is 2.65. The number of carbonyl (C=O) groups is 1. The number of rotatable bonds is 5. The molecule has 8 nitrogen and oxygen atoms in total. The molecule has 1 amide bonds. The Hall–Kier alpha value is -4.14. The van der Waals surface area contributed by atoms with Gasteiger partial charge in [-0.2, -0.15) is 0 Å². The highest BCUT2D eigenvalue weighted by Crippen LogP contribution is 2.31. The fraction of sp³-hybridized carbons (Fsp3) is 0.0500. The lowest BCUT2D eigenvalue weighted by atomic mass is 10.1. The zero-order valence-electron chi connectivity index (χ0n) is 15.2. The van der Waals surface area contributed by atoms with Crippen LogP contribution in [0.5, 0.6) is 5.88 Å². The standard InChI is InChI=1S/C20H14FN5O3/c1-28-20-14(7-12(8-25-20)17-3-2-6-29-17)16-10-24-18(11-23-16)26-19(27)13-4-5-22-9-15(13)21/h2-11H,1H3,(H,24,26,27). The third-order valence-electron chi connectivity index (χ3n) is 4.04. The Morgan fingerprint density at radius 3 is 2.72 bits per heavy atom. The van der Waals surface area contributed by atoms with Crippen LogP contribution in [0.15, 0.2) is 65.9 Å². The van der Waals surface area contributed by atoms with Crippen molar-refractivity contribution < 1.29 is 18.3 Å². The van der Waals surface area contributed by atoms with Gasteiger partial charge in [0.05, 0.1) is 48.8 Å². The van der Waals surface area contributed by atoms with Crippen molar-refractivity contribution in [2.75, 3.05) is 12.4 Å². The number of halogens is 1. The average Bonchev–Trinajstić information content (AvgIpc) is 3.29. The number of furan rings is 1. The Labute approximate surface area is 164 Å². The first-order valence-corrected chi connectivity index (χ1v) is 8.47. The number of hydrogen-bond acceptors (Lipinski definition) is 7. The van der Waals surface area contributed by atoms with E-state index in [9.17, 15) is 9.18 Å². The van der Waals surface area contributed by atoms with Gasteiger partial charge in [-0.25, -0.2) is 14.4 Å². The summed E-state index contributed by atoms with van der Waals surface area (Å²) in [5, 5.41) is 2.50. The molecule has 4 aromatic rings. The summed E-state index contributed by atoms with van der Waals surface area (Å²) in [5.74, 6) is -0.182. The third kappa shape index (κ3) is 3.79. The van der Waals surface area contributed by atoms with E-state index in [-0.39, 0.29) is 11.4 Å². The molecule has 144 valence electrons. The van der Waals surface area contributed by atoms with Gasteiger partial charge in [0.25, 0.3) is 5.91 Å². The minimum Gasteiger partial charge on any atom is -0.481 e. The quantitative estimate of drug-likeness (QED) is 0.554. The van der Waals surface area contributed by atoms with Crippen molar-refractivity contribution in [1.82, 2.24) is 19.9 Å². The molecule has 0 bridgehead atoms. The molecule has 0 atom stereocenters. The van der Waals surface area contributed by atoms with Crippen LogP contribution < -0.4 is 10.1 Å². The number of pyridine rings is 2. The molecule has 0 unspecified atom stereocenters. The SMILES string of the molecule is COc1ncc(-c2ccco2)cc1-c1cnc(NC(=O)c2ccncc2F)cn1. The minimum absolute atomic E-state index is 0.136. The van der Waals surface area contributed by atoms with Crippen LogP contribution in [0, 0.1) is 5.82 Å². The summed E-state index contributed by atoms with van der Waals surface area (Å²) < 4.78 is 24.4. The van der Waals surface area contributed by atoms with E-state index in [1.165, 1.54) is 31.8 Å². The Bertz CT molecular complexity index is 1150. The minimum atomic E-state index is -0.722. The van der Waals surface area contributed by atoms with Gasteiger partial charge < -0.3 is 14.5 Å². The van der Waals surface area contributed by atoms with Crippen molar-refractivity contribution in [2.45, 2.75) is 0 Å². The molecule has 4 rings (SSSR count). The van der Waals surface area contributed by atoms with E-state index in [0.29, 0.717) is 22.9 Å². The van der Waals surface area contributed by atoms with Gasteiger partial charge in [-0.1, -0.05) is 0 Å². The van der Waals surface area contributed by atoms with Gasteiger partial charge in [-0.3, -0.25) is 14.8 Å². The Balaban J connectivity index is 1.60. The molecule has 0 spiro atoms. The summed E-state index contributed by atoms with van der Waals surface area (Å²) in [6.07, 6.45) is 8.33. The molecule has 1 N–H and O–H groups in total. The average molecular weight is 391 g/mol. The van der Waals surface area contributed by atoms with Crippen LogP contribution in [0.2, 0.25) is 0 Å². The monoisotopic (exact) mass is 391 g/mol. The van der Waals surface area contributed by atoms with Crippen LogP contribution in [-0.4, -0.2) is 33.0 Å². The molecule has 4 heterocycles. The largest absolute Gasteiger partial charge is 0.481 e. The van der Waals surface area contributed by atoms with Crippen molar-refractivity contribution in [2.24, 2.45) is 0 Å². The van der Waals surface area contributed by atoms with E-state index < -0.39 is 11.7 Å². The second kappa shape index (κ2) is 7.85. The summed E-state index contributed by atoms with van der Waals surface area (Å²) in [4.78, 5) is 28.6. The van der Waals surface area contributed by atoms with E-state index in [2.05, 4.69) is 25.3 Å². The number of nitrogens with one attached hydrogen (secondary N) is 1. The van der Waals surface area contributed by atoms with Crippen molar-refractivity contribution in [1.29, 1.82) is 0 Å². The zero-order valence-corrected chi connectivity index (χ0v) is 15.2. The number of methoxy groups -OCH3 is 1. The predicted octanol–water partition coefficient (Wildman–Crippen LogP) is 3.59. The number of amides is 1. The van der Waals surface area contributed by atoms with Crippen LogP contribution in [0.25, 0.3) is 22.6 Å². The maximum absolute atomic E-state index is 13.7. The summed E-state index contributed by atoms with van der Waals surface area (Å²) in [6.45, 7) is 0. The molecule has 0 aliphatic rings. The van der Waals surface area contributed by atoms with Gasteiger partial charge in [0.1, 0.15) is 5.76 Å².